The summed E-state index contributed by atoms with van der Waals surface area (Å²) in [4.78, 5) is 13.6. The van der Waals surface area contributed by atoms with E-state index < -0.39 is 10.0 Å². The Kier molecular flexibility index (Phi) is 6.99. The van der Waals surface area contributed by atoms with Gasteiger partial charge in [0, 0.05) is 25.7 Å². The summed E-state index contributed by atoms with van der Waals surface area (Å²) in [6, 6.07) is 10.6. The minimum Gasteiger partial charge on any atom is -0.490 e. The lowest BCUT2D eigenvalue weighted by Gasteiger charge is -2.15. The average molecular weight is 433 g/mol. The van der Waals surface area contributed by atoms with Crippen LogP contribution < -0.4 is 19.1 Å². The average Bonchev–Trinajstić information content (AvgIpc) is 3.14. The summed E-state index contributed by atoms with van der Waals surface area (Å²) in [6.07, 6.45) is 1.18. The van der Waals surface area contributed by atoms with Crippen LogP contribution in [-0.2, 0) is 27.7 Å². The lowest BCUT2D eigenvalue weighted by molar-refractivity contribution is -0.116. The second kappa shape index (κ2) is 9.49. The van der Waals surface area contributed by atoms with Gasteiger partial charge in [-0.15, -0.1) is 0 Å². The Hall–Kier alpha value is -2.58. The highest BCUT2D eigenvalue weighted by Crippen LogP contribution is 2.30. The van der Waals surface area contributed by atoms with Gasteiger partial charge < -0.3 is 14.4 Å². The van der Waals surface area contributed by atoms with E-state index in [1.54, 1.807) is 23.1 Å². The van der Waals surface area contributed by atoms with E-state index in [2.05, 4.69) is 4.72 Å². The summed E-state index contributed by atoms with van der Waals surface area (Å²) in [7, 11) is -3.64. The first-order valence-electron chi connectivity index (χ1n) is 10.1. The Labute approximate surface area is 178 Å². The Morgan fingerprint density at radius 2 is 1.80 bits per heavy atom. The van der Waals surface area contributed by atoms with E-state index in [1.165, 1.54) is 6.92 Å². The predicted octanol–water partition coefficient (Wildman–Crippen LogP) is 2.91. The number of rotatable bonds is 9. The van der Waals surface area contributed by atoms with Crippen molar-refractivity contribution in [2.45, 2.75) is 38.5 Å². The van der Waals surface area contributed by atoms with E-state index in [4.69, 9.17) is 9.47 Å². The molecule has 8 heteroatoms. The number of nitrogens with zero attached hydrogens (tertiary/aromatic N) is 1. The zero-order valence-corrected chi connectivity index (χ0v) is 18.4. The molecule has 0 spiro atoms. The molecule has 0 saturated carbocycles. The third-order valence-electron chi connectivity index (χ3n) is 4.95. The van der Waals surface area contributed by atoms with Gasteiger partial charge in [0.05, 0.1) is 18.1 Å². The number of ether oxygens (including phenoxy) is 2. The van der Waals surface area contributed by atoms with Crippen LogP contribution in [0.1, 0.15) is 31.9 Å². The van der Waals surface area contributed by atoms with Gasteiger partial charge in [-0.1, -0.05) is 6.07 Å². The van der Waals surface area contributed by atoms with Crippen molar-refractivity contribution in [2.75, 3.05) is 31.2 Å². The lowest BCUT2D eigenvalue weighted by Crippen LogP contribution is -2.26. The van der Waals surface area contributed by atoms with Crippen LogP contribution in [0.25, 0.3) is 0 Å². The van der Waals surface area contributed by atoms with Crippen molar-refractivity contribution < 1.29 is 22.7 Å². The van der Waals surface area contributed by atoms with Crippen molar-refractivity contribution in [3.8, 4) is 11.5 Å². The number of carbonyl (C=O) groups is 1. The van der Waals surface area contributed by atoms with Crippen molar-refractivity contribution in [3.05, 3.63) is 47.5 Å². The van der Waals surface area contributed by atoms with E-state index in [-0.39, 0.29) is 17.3 Å². The monoisotopic (exact) mass is 432 g/mol. The molecule has 0 aliphatic carbocycles. The van der Waals surface area contributed by atoms with E-state index >= 15 is 0 Å². The smallest absolute Gasteiger partial charge is 0.240 e. The fraction of sp³-hybridized carbons (Fsp3) is 0.409. The highest BCUT2D eigenvalue weighted by molar-refractivity contribution is 7.89. The minimum absolute atomic E-state index is 0.0377. The lowest BCUT2D eigenvalue weighted by atomic mass is 10.1. The van der Waals surface area contributed by atoms with Crippen LogP contribution in [0.2, 0.25) is 0 Å². The van der Waals surface area contributed by atoms with Gasteiger partial charge in [0.25, 0.3) is 0 Å². The highest BCUT2D eigenvalue weighted by atomic mass is 32.2. The van der Waals surface area contributed by atoms with Gasteiger partial charge in [-0.25, -0.2) is 13.1 Å². The normalized spacial score (nSPS) is 13.2. The van der Waals surface area contributed by atoms with Gasteiger partial charge in [-0.2, -0.15) is 0 Å². The molecule has 0 unspecified atom stereocenters. The molecule has 3 rings (SSSR count). The highest BCUT2D eigenvalue weighted by Gasteiger charge is 2.24. The van der Waals surface area contributed by atoms with Gasteiger partial charge in [0.2, 0.25) is 15.9 Å². The maximum Gasteiger partial charge on any atom is 0.240 e. The number of nitrogens with one attached hydrogen (secondary N) is 1. The number of fused-ring (bicyclic) bond motifs is 1. The summed E-state index contributed by atoms with van der Waals surface area (Å²) in [5.41, 5.74) is 2.62. The molecule has 1 heterocycles. The molecule has 0 fully saturated rings. The van der Waals surface area contributed by atoms with Crippen LogP contribution in [0.3, 0.4) is 0 Å². The third-order valence-corrected chi connectivity index (χ3v) is 6.41. The zero-order valence-electron chi connectivity index (χ0n) is 17.6. The van der Waals surface area contributed by atoms with Gasteiger partial charge in [0.15, 0.2) is 11.5 Å². The summed E-state index contributed by atoms with van der Waals surface area (Å²) in [5.74, 6) is 1.30. The molecule has 0 saturated heterocycles. The first kappa shape index (κ1) is 22.1. The van der Waals surface area contributed by atoms with E-state index in [1.807, 2.05) is 32.0 Å². The molecule has 1 N–H and O–H groups in total. The number of hydrogen-bond acceptors (Lipinski definition) is 5. The number of benzene rings is 2. The first-order valence-corrected chi connectivity index (χ1v) is 11.6. The molecule has 162 valence electrons. The van der Waals surface area contributed by atoms with Crippen molar-refractivity contribution in [3.63, 3.8) is 0 Å². The second-order valence-corrected chi connectivity index (χ2v) is 8.77. The molecule has 0 aromatic heterocycles. The summed E-state index contributed by atoms with van der Waals surface area (Å²) in [6.45, 7) is 7.25. The molecule has 2 aromatic rings. The van der Waals surface area contributed by atoms with Crippen LogP contribution in [0.4, 0.5) is 5.69 Å². The molecule has 0 radical (unpaired) electrons. The van der Waals surface area contributed by atoms with E-state index in [0.29, 0.717) is 44.1 Å². The Morgan fingerprint density at radius 1 is 1.07 bits per heavy atom. The van der Waals surface area contributed by atoms with Gasteiger partial charge in [-0.3, -0.25) is 4.79 Å². The molecule has 30 heavy (non-hydrogen) atoms. The van der Waals surface area contributed by atoms with Crippen molar-refractivity contribution >= 4 is 21.6 Å². The Bertz CT molecular complexity index is 1020. The minimum atomic E-state index is -3.64. The van der Waals surface area contributed by atoms with Crippen LogP contribution in [0, 0.1) is 0 Å². The molecule has 2 aromatic carbocycles. The zero-order chi connectivity index (χ0) is 21.7. The third kappa shape index (κ3) is 4.94. The molecular formula is C22H28N2O5S. The van der Waals surface area contributed by atoms with Crippen LogP contribution in [0.15, 0.2) is 41.3 Å². The fourth-order valence-electron chi connectivity index (χ4n) is 3.54. The van der Waals surface area contributed by atoms with E-state index in [9.17, 15) is 13.2 Å². The first-order chi connectivity index (χ1) is 14.4. The quantitative estimate of drug-likeness (QED) is 0.659. The Morgan fingerprint density at radius 3 is 2.50 bits per heavy atom. The second-order valence-electron chi connectivity index (χ2n) is 7.01. The van der Waals surface area contributed by atoms with Crippen molar-refractivity contribution in [2.24, 2.45) is 0 Å². The number of amides is 1. The number of carbonyl (C=O) groups excluding carboxylic acids is 1. The number of hydrogen-bond donors (Lipinski definition) is 1. The largest absolute Gasteiger partial charge is 0.490 e. The van der Waals surface area contributed by atoms with Crippen molar-refractivity contribution in [1.29, 1.82) is 0 Å². The fourth-order valence-corrected chi connectivity index (χ4v) is 4.62. The number of sulfonamides is 1. The predicted molar refractivity (Wildman–Crippen MR) is 116 cm³/mol. The molecule has 1 aliphatic rings. The summed E-state index contributed by atoms with van der Waals surface area (Å²) >= 11 is 0. The maximum atomic E-state index is 12.7. The van der Waals surface area contributed by atoms with Gasteiger partial charge in [-0.05, 0) is 68.1 Å². The van der Waals surface area contributed by atoms with Crippen LogP contribution in [0.5, 0.6) is 11.5 Å². The van der Waals surface area contributed by atoms with Gasteiger partial charge in [0.1, 0.15) is 0 Å². The van der Waals surface area contributed by atoms with E-state index in [0.717, 1.165) is 16.8 Å². The van der Waals surface area contributed by atoms with Crippen LogP contribution >= 0.6 is 0 Å². The maximum absolute atomic E-state index is 12.7. The summed E-state index contributed by atoms with van der Waals surface area (Å²) in [5, 5.41) is 0. The standard InChI is InChI=1S/C22H28N2O5S/c1-4-28-21-9-6-17(14-22(21)29-5-2)10-12-23-30(26,27)19-7-8-20-18(15-19)11-13-24(20)16(3)25/h6-9,14-15,23H,4-5,10-13H2,1-3H3. The topological polar surface area (TPSA) is 84.9 Å². The molecule has 1 amide bonds. The molecule has 0 atom stereocenters. The number of anilines is 1. The summed E-state index contributed by atoms with van der Waals surface area (Å²) < 4.78 is 39.3. The molecule has 0 bridgehead atoms. The van der Waals surface area contributed by atoms with Crippen molar-refractivity contribution in [1.82, 2.24) is 4.72 Å². The Balaban J connectivity index is 1.66. The van der Waals surface area contributed by atoms with Gasteiger partial charge >= 0.3 is 0 Å². The molecular weight excluding hydrogens is 404 g/mol. The molecule has 1 aliphatic heterocycles. The van der Waals surface area contributed by atoms with Crippen LogP contribution in [-0.4, -0.2) is 40.6 Å². The SMILES string of the molecule is CCOc1ccc(CCNS(=O)(=O)c2ccc3c(c2)CCN3C(C)=O)cc1OCC. The molecule has 7 nitrogen and oxygen atoms in total.